The molecule has 0 aliphatic carbocycles. The highest BCUT2D eigenvalue weighted by molar-refractivity contribution is 5.91. The molecule has 0 saturated carbocycles. The van der Waals surface area contributed by atoms with Crippen LogP contribution in [0.5, 0.6) is 0 Å². The van der Waals surface area contributed by atoms with Gasteiger partial charge in [0.2, 0.25) is 0 Å². The number of quaternary nitrogens is 2. The number of carboxylic acids is 2. The number of aromatic carboxylic acids is 2. The minimum atomic E-state index is -1.40. The SMILES string of the molecule is CC(C)[N+](C(C)C)(C(C)C)C(C)C.CC(C)[N+](C(C)C)(C(C)C)C(C)C.O=C([O-])c1cccc(C(=O)[O-])c1. The first kappa shape index (κ1) is 38.2. The van der Waals surface area contributed by atoms with E-state index in [1.165, 1.54) is 27.2 Å². The highest BCUT2D eigenvalue weighted by atomic mass is 16.4. The maximum Gasteiger partial charge on any atom is 0.0839 e. The van der Waals surface area contributed by atoms with Crippen LogP contribution in [0, 0.1) is 0 Å². The Hall–Kier alpha value is -1.92. The lowest BCUT2D eigenvalue weighted by atomic mass is 10.0. The summed E-state index contributed by atoms with van der Waals surface area (Å²) < 4.78 is 2.44. The van der Waals surface area contributed by atoms with E-state index in [1.54, 1.807) is 0 Å². The molecule has 1 rings (SSSR count). The summed E-state index contributed by atoms with van der Waals surface area (Å²) in [6.45, 7) is 37.6. The largest absolute Gasteiger partial charge is 0.545 e. The predicted octanol–water partition coefficient (Wildman–Crippen LogP) is 5.29. The van der Waals surface area contributed by atoms with E-state index in [0.29, 0.717) is 48.3 Å². The lowest BCUT2D eigenvalue weighted by Gasteiger charge is -2.52. The first-order valence-electron chi connectivity index (χ1n) is 14.4. The average Bonchev–Trinajstić information content (AvgIpc) is 2.73. The third kappa shape index (κ3) is 9.08. The van der Waals surface area contributed by atoms with Gasteiger partial charge in [0.25, 0.3) is 0 Å². The highest BCUT2D eigenvalue weighted by Gasteiger charge is 2.41. The van der Waals surface area contributed by atoms with Gasteiger partial charge in [-0.1, -0.05) is 18.2 Å². The van der Waals surface area contributed by atoms with E-state index < -0.39 is 11.9 Å². The van der Waals surface area contributed by atoms with E-state index in [-0.39, 0.29) is 11.1 Å². The van der Waals surface area contributed by atoms with E-state index in [0.717, 1.165) is 6.07 Å². The van der Waals surface area contributed by atoms with Crippen LogP contribution in [0.1, 0.15) is 131 Å². The molecule has 0 N–H and O–H groups in total. The molecule has 1 aromatic carbocycles. The fourth-order valence-corrected chi connectivity index (χ4v) is 7.93. The van der Waals surface area contributed by atoms with Crippen molar-refractivity contribution in [3.8, 4) is 0 Å². The Morgan fingerprint density at radius 2 is 0.658 bits per heavy atom. The van der Waals surface area contributed by atoms with Crippen LogP contribution in [0.4, 0.5) is 0 Å². The number of hydrogen-bond donors (Lipinski definition) is 0. The van der Waals surface area contributed by atoms with Crippen molar-refractivity contribution in [2.24, 2.45) is 0 Å². The number of hydrogen-bond acceptors (Lipinski definition) is 4. The van der Waals surface area contributed by atoms with Gasteiger partial charge in [-0.25, -0.2) is 0 Å². The van der Waals surface area contributed by atoms with Gasteiger partial charge in [-0.3, -0.25) is 0 Å². The normalized spacial score (nSPS) is 12.4. The Morgan fingerprint density at radius 1 is 0.474 bits per heavy atom. The van der Waals surface area contributed by atoms with Gasteiger partial charge in [-0.05, 0) is 128 Å². The highest BCUT2D eigenvalue weighted by Crippen LogP contribution is 2.29. The van der Waals surface area contributed by atoms with Crippen molar-refractivity contribution in [1.29, 1.82) is 0 Å². The molecule has 0 aromatic heterocycles. The second kappa shape index (κ2) is 16.2. The minimum Gasteiger partial charge on any atom is -0.545 e. The summed E-state index contributed by atoms with van der Waals surface area (Å²) in [5.74, 6) is -2.81. The monoisotopic (exact) mass is 536 g/mol. The van der Waals surface area contributed by atoms with Crippen molar-refractivity contribution in [1.82, 2.24) is 0 Å². The third-order valence-electron chi connectivity index (χ3n) is 8.49. The summed E-state index contributed by atoms with van der Waals surface area (Å²) in [6, 6.07) is 10.5. The van der Waals surface area contributed by atoms with Crippen LogP contribution in [0.25, 0.3) is 0 Å². The molecular weight excluding hydrogens is 476 g/mol. The second-order valence-corrected chi connectivity index (χ2v) is 12.7. The van der Waals surface area contributed by atoms with Gasteiger partial charge in [-0.2, -0.15) is 0 Å². The Kier molecular flexibility index (Phi) is 16.3. The minimum absolute atomic E-state index is 0.170. The number of nitrogens with zero attached hydrogens (tertiary/aromatic N) is 2. The zero-order chi connectivity index (χ0) is 30.8. The van der Waals surface area contributed by atoms with E-state index in [1.807, 2.05) is 0 Å². The third-order valence-corrected chi connectivity index (χ3v) is 8.49. The van der Waals surface area contributed by atoms with E-state index in [4.69, 9.17) is 0 Å². The molecule has 0 aliphatic heterocycles. The standard InChI is InChI=1S/2C12H28N.C8H6O4/c2*1-9(2)13(10(3)4,11(5)6)12(7)8;9-7(10)5-2-1-3-6(4-5)8(11)12/h2*9-12H,1-8H3;1-4H,(H,9,10)(H,11,12)/q2*+1;/p-2. The van der Waals surface area contributed by atoms with Crippen molar-refractivity contribution in [3.05, 3.63) is 35.4 Å². The van der Waals surface area contributed by atoms with Crippen LogP contribution in [0.2, 0.25) is 0 Å². The molecule has 0 bridgehead atoms. The quantitative estimate of drug-likeness (QED) is 0.381. The van der Waals surface area contributed by atoms with Gasteiger partial charge >= 0.3 is 0 Å². The Bertz CT molecular complexity index is 699. The first-order chi connectivity index (χ1) is 17.2. The van der Waals surface area contributed by atoms with Gasteiger partial charge in [0.1, 0.15) is 0 Å². The van der Waals surface area contributed by atoms with Gasteiger partial charge in [-0.15, -0.1) is 0 Å². The van der Waals surface area contributed by atoms with E-state index >= 15 is 0 Å². The molecule has 0 fully saturated rings. The fraction of sp³-hybridized carbons (Fsp3) is 0.750. The van der Waals surface area contributed by atoms with Crippen molar-refractivity contribution < 1.29 is 28.8 Å². The zero-order valence-electron chi connectivity index (χ0n) is 27.5. The molecule has 0 spiro atoms. The summed E-state index contributed by atoms with van der Waals surface area (Å²) in [5, 5.41) is 20.5. The van der Waals surface area contributed by atoms with Crippen LogP contribution >= 0.6 is 0 Å². The number of rotatable bonds is 10. The average molecular weight is 537 g/mol. The Labute approximate surface area is 235 Å². The summed E-state index contributed by atoms with van der Waals surface area (Å²) in [6.07, 6.45) is 0. The Morgan fingerprint density at radius 3 is 0.763 bits per heavy atom. The molecule has 1 aromatic rings. The summed E-state index contributed by atoms with van der Waals surface area (Å²) in [5.41, 5.74) is -0.339. The second-order valence-electron chi connectivity index (χ2n) is 12.7. The molecule has 0 heterocycles. The van der Waals surface area contributed by atoms with Crippen molar-refractivity contribution in [2.75, 3.05) is 0 Å². The lowest BCUT2D eigenvalue weighted by Crippen LogP contribution is -2.65. The predicted molar refractivity (Wildman–Crippen MR) is 157 cm³/mol. The van der Waals surface area contributed by atoms with Crippen molar-refractivity contribution in [2.45, 2.75) is 159 Å². The molecular formula is C32H60N2O4. The topological polar surface area (TPSA) is 80.3 Å². The molecule has 222 valence electrons. The number of benzene rings is 1. The lowest BCUT2D eigenvalue weighted by molar-refractivity contribution is -1.00. The van der Waals surface area contributed by atoms with Gasteiger partial charge in [0.15, 0.2) is 0 Å². The van der Waals surface area contributed by atoms with Gasteiger partial charge in [0, 0.05) is 0 Å². The number of carbonyl (C=O) groups excluding carboxylic acids is 2. The molecule has 0 atom stereocenters. The molecule has 0 amide bonds. The number of carboxylic acid groups (broad SMARTS) is 2. The number of carbonyl (C=O) groups is 2. The molecule has 0 unspecified atom stereocenters. The molecule has 38 heavy (non-hydrogen) atoms. The zero-order valence-corrected chi connectivity index (χ0v) is 27.5. The van der Waals surface area contributed by atoms with E-state index in [9.17, 15) is 19.8 Å². The van der Waals surface area contributed by atoms with Crippen LogP contribution < -0.4 is 10.2 Å². The molecule has 0 saturated heterocycles. The van der Waals surface area contributed by atoms with Crippen LogP contribution in [-0.2, 0) is 0 Å². The molecule has 6 nitrogen and oxygen atoms in total. The Balaban J connectivity index is 0. The van der Waals surface area contributed by atoms with Crippen molar-refractivity contribution >= 4 is 11.9 Å². The summed E-state index contributed by atoms with van der Waals surface area (Å²) >= 11 is 0. The molecule has 6 heteroatoms. The van der Waals surface area contributed by atoms with Gasteiger partial charge in [0.05, 0.1) is 60.3 Å². The molecule has 0 radical (unpaired) electrons. The van der Waals surface area contributed by atoms with E-state index in [2.05, 4.69) is 111 Å². The first-order valence-corrected chi connectivity index (χ1v) is 14.4. The summed E-state index contributed by atoms with van der Waals surface area (Å²) in [4.78, 5) is 20.5. The van der Waals surface area contributed by atoms with Gasteiger partial charge < -0.3 is 28.8 Å². The summed E-state index contributed by atoms with van der Waals surface area (Å²) in [7, 11) is 0. The smallest absolute Gasteiger partial charge is 0.0839 e. The maximum atomic E-state index is 10.3. The molecule has 0 aliphatic rings. The fourth-order valence-electron chi connectivity index (χ4n) is 7.93. The van der Waals surface area contributed by atoms with Crippen LogP contribution in [-0.4, -0.2) is 69.2 Å². The van der Waals surface area contributed by atoms with Crippen LogP contribution in [0.15, 0.2) is 24.3 Å². The van der Waals surface area contributed by atoms with Crippen molar-refractivity contribution in [3.63, 3.8) is 0 Å². The van der Waals surface area contributed by atoms with Crippen LogP contribution in [0.3, 0.4) is 0 Å². The maximum absolute atomic E-state index is 10.3.